The number of thiophene rings is 1. The number of aromatic carboxylic acids is 1. The minimum atomic E-state index is -0.911. The second-order valence-electron chi connectivity index (χ2n) is 7.44. The van der Waals surface area contributed by atoms with Crippen molar-refractivity contribution in [2.24, 2.45) is 0 Å². The first kappa shape index (κ1) is 20.1. The first-order valence-corrected chi connectivity index (χ1v) is 11.0. The summed E-state index contributed by atoms with van der Waals surface area (Å²) >= 11 is 1.44. The molecule has 0 radical (unpaired) electrons. The molecule has 0 amide bonds. The van der Waals surface area contributed by atoms with Crippen LogP contribution in [-0.2, 0) is 13.0 Å². The molecule has 0 atom stereocenters. The van der Waals surface area contributed by atoms with Gasteiger partial charge in [-0.3, -0.25) is 0 Å². The van der Waals surface area contributed by atoms with Gasteiger partial charge in [-0.15, -0.1) is 21.5 Å². The number of hydrogen-bond acceptors (Lipinski definition) is 6. The van der Waals surface area contributed by atoms with Crippen LogP contribution in [0.3, 0.4) is 0 Å². The van der Waals surface area contributed by atoms with Crippen molar-refractivity contribution in [1.29, 1.82) is 0 Å². The van der Waals surface area contributed by atoms with Gasteiger partial charge in [0.1, 0.15) is 10.7 Å². The van der Waals surface area contributed by atoms with E-state index in [2.05, 4.69) is 44.9 Å². The summed E-state index contributed by atoms with van der Waals surface area (Å²) in [7, 11) is 0. The van der Waals surface area contributed by atoms with E-state index in [-0.39, 0.29) is 0 Å². The van der Waals surface area contributed by atoms with E-state index in [0.717, 1.165) is 44.2 Å². The van der Waals surface area contributed by atoms with Crippen LogP contribution >= 0.6 is 11.3 Å². The highest BCUT2D eigenvalue weighted by Gasteiger charge is 2.22. The van der Waals surface area contributed by atoms with E-state index in [1.54, 1.807) is 0 Å². The van der Waals surface area contributed by atoms with Crippen LogP contribution in [0.5, 0.6) is 0 Å². The molecular formula is C23H20N6O2S. The van der Waals surface area contributed by atoms with E-state index in [1.165, 1.54) is 11.3 Å². The molecule has 9 heteroatoms. The molecule has 8 nitrogen and oxygen atoms in total. The van der Waals surface area contributed by atoms with Gasteiger partial charge in [0.25, 0.3) is 0 Å². The molecule has 0 aliphatic carbocycles. The summed E-state index contributed by atoms with van der Waals surface area (Å²) < 4.78 is 2.03. The van der Waals surface area contributed by atoms with Gasteiger partial charge in [0.05, 0.1) is 11.1 Å². The number of carboxylic acid groups (broad SMARTS) is 1. The van der Waals surface area contributed by atoms with E-state index in [1.807, 2.05) is 42.7 Å². The number of imidazole rings is 1. The number of fused-ring (bicyclic) bond motifs is 1. The Morgan fingerprint density at radius 1 is 1.12 bits per heavy atom. The molecule has 0 aliphatic rings. The Morgan fingerprint density at radius 3 is 2.53 bits per heavy atom. The molecular weight excluding hydrogens is 424 g/mol. The van der Waals surface area contributed by atoms with E-state index in [4.69, 9.17) is 4.98 Å². The molecule has 0 unspecified atom stereocenters. The van der Waals surface area contributed by atoms with Gasteiger partial charge in [-0.2, -0.15) is 5.21 Å². The highest BCUT2D eigenvalue weighted by Crippen LogP contribution is 2.33. The summed E-state index contributed by atoms with van der Waals surface area (Å²) in [6.07, 6.45) is 0.732. The summed E-state index contributed by atoms with van der Waals surface area (Å²) in [6.45, 7) is 4.43. The van der Waals surface area contributed by atoms with Crippen LogP contribution in [0.2, 0.25) is 0 Å². The summed E-state index contributed by atoms with van der Waals surface area (Å²) in [4.78, 5) is 18.1. The predicted molar refractivity (Wildman–Crippen MR) is 123 cm³/mol. The molecule has 0 spiro atoms. The molecule has 5 aromatic rings. The number of aryl methyl sites for hydroxylation is 2. The van der Waals surface area contributed by atoms with Gasteiger partial charge in [-0.25, -0.2) is 9.78 Å². The summed E-state index contributed by atoms with van der Waals surface area (Å²) in [5.41, 5.74) is 5.09. The molecule has 0 saturated carbocycles. The number of hydrogen-bond donors (Lipinski definition) is 2. The number of nitrogens with zero attached hydrogens (tertiary/aromatic N) is 5. The van der Waals surface area contributed by atoms with E-state index in [9.17, 15) is 9.90 Å². The van der Waals surface area contributed by atoms with E-state index in [0.29, 0.717) is 23.4 Å². The standard InChI is InChI=1S/C23H20N6O2S/c1-3-18-24-22-20(19(23(30)31)13(2)32-22)29(18)12-14-8-10-15(11-9-14)16-6-4-5-7-17(16)21-25-27-28-26-21/h4-11H,3,12H2,1-2H3,(H,30,31)(H,25,26,27,28). The van der Waals surface area contributed by atoms with Crippen molar-refractivity contribution in [1.82, 2.24) is 30.2 Å². The number of H-pyrrole nitrogens is 1. The van der Waals surface area contributed by atoms with Gasteiger partial charge < -0.3 is 9.67 Å². The minimum Gasteiger partial charge on any atom is -0.478 e. The summed E-state index contributed by atoms with van der Waals surface area (Å²) in [6, 6.07) is 16.2. The number of benzene rings is 2. The second kappa shape index (κ2) is 8.01. The van der Waals surface area contributed by atoms with Crippen LogP contribution < -0.4 is 0 Å². The van der Waals surface area contributed by atoms with Gasteiger partial charge in [-0.1, -0.05) is 55.5 Å². The van der Waals surface area contributed by atoms with Crippen LogP contribution in [0, 0.1) is 6.92 Å². The molecule has 2 aromatic carbocycles. The Hall–Kier alpha value is -3.85. The SMILES string of the molecule is CCc1nc2sc(C)c(C(=O)O)c2n1Cc1ccc(-c2ccccc2-c2nn[nH]n2)cc1. The Kier molecular flexibility index (Phi) is 5.02. The van der Waals surface area contributed by atoms with Crippen LogP contribution in [0.1, 0.15) is 33.5 Å². The van der Waals surface area contributed by atoms with Crippen molar-refractivity contribution in [2.45, 2.75) is 26.8 Å². The lowest BCUT2D eigenvalue weighted by Crippen LogP contribution is -2.08. The molecule has 5 rings (SSSR count). The average Bonchev–Trinajstić information content (AvgIpc) is 3.51. The third kappa shape index (κ3) is 3.36. The van der Waals surface area contributed by atoms with Crippen molar-refractivity contribution in [3.05, 3.63) is 70.4 Å². The smallest absolute Gasteiger partial charge is 0.339 e. The zero-order valence-corrected chi connectivity index (χ0v) is 18.3. The van der Waals surface area contributed by atoms with Gasteiger partial charge in [0, 0.05) is 23.4 Å². The first-order chi connectivity index (χ1) is 15.6. The van der Waals surface area contributed by atoms with Gasteiger partial charge in [0.2, 0.25) is 5.82 Å². The molecule has 0 fully saturated rings. The fraction of sp³-hybridized carbons (Fsp3) is 0.174. The Balaban J connectivity index is 1.52. The van der Waals surface area contributed by atoms with Crippen molar-refractivity contribution < 1.29 is 9.90 Å². The number of nitrogens with one attached hydrogen (secondary N) is 1. The highest BCUT2D eigenvalue weighted by atomic mass is 32.1. The maximum atomic E-state index is 11.9. The lowest BCUT2D eigenvalue weighted by Gasteiger charge is -2.11. The molecule has 0 aliphatic heterocycles. The number of carbonyl (C=O) groups is 1. The number of tetrazole rings is 1. The third-order valence-corrected chi connectivity index (χ3v) is 6.49. The quantitative estimate of drug-likeness (QED) is 0.397. The topological polar surface area (TPSA) is 110 Å². The molecule has 0 saturated heterocycles. The fourth-order valence-electron chi connectivity index (χ4n) is 4.02. The number of aromatic amines is 1. The fourth-order valence-corrected chi connectivity index (χ4v) is 5.06. The molecule has 160 valence electrons. The van der Waals surface area contributed by atoms with Crippen LogP contribution in [0.15, 0.2) is 48.5 Å². The lowest BCUT2D eigenvalue weighted by molar-refractivity contribution is 0.0698. The van der Waals surface area contributed by atoms with Crippen LogP contribution in [0.25, 0.3) is 32.9 Å². The normalized spacial score (nSPS) is 11.3. The second-order valence-corrected chi connectivity index (χ2v) is 8.64. The van der Waals surface area contributed by atoms with E-state index < -0.39 is 5.97 Å². The van der Waals surface area contributed by atoms with Gasteiger partial charge >= 0.3 is 5.97 Å². The molecule has 0 bridgehead atoms. The Bertz CT molecular complexity index is 1420. The van der Waals surface area contributed by atoms with Crippen LogP contribution in [-0.4, -0.2) is 41.3 Å². The monoisotopic (exact) mass is 444 g/mol. The van der Waals surface area contributed by atoms with Crippen molar-refractivity contribution in [3.8, 4) is 22.5 Å². The van der Waals surface area contributed by atoms with Gasteiger partial charge in [-0.05, 0) is 28.8 Å². The van der Waals surface area contributed by atoms with Crippen LogP contribution in [0.4, 0.5) is 0 Å². The predicted octanol–water partition coefficient (Wildman–Crippen LogP) is 4.56. The zero-order valence-electron chi connectivity index (χ0n) is 17.5. The number of carboxylic acids is 1. The zero-order chi connectivity index (χ0) is 22.2. The average molecular weight is 445 g/mol. The van der Waals surface area contributed by atoms with Gasteiger partial charge in [0.15, 0.2) is 0 Å². The lowest BCUT2D eigenvalue weighted by atomic mass is 9.98. The third-order valence-electron chi connectivity index (χ3n) is 5.50. The van der Waals surface area contributed by atoms with E-state index >= 15 is 0 Å². The highest BCUT2D eigenvalue weighted by molar-refractivity contribution is 7.19. The Morgan fingerprint density at radius 2 is 1.88 bits per heavy atom. The Labute approximate surface area is 187 Å². The maximum absolute atomic E-state index is 11.9. The molecule has 3 aromatic heterocycles. The molecule has 2 N–H and O–H groups in total. The maximum Gasteiger partial charge on any atom is 0.339 e. The number of rotatable bonds is 6. The first-order valence-electron chi connectivity index (χ1n) is 10.2. The number of aromatic nitrogens is 6. The largest absolute Gasteiger partial charge is 0.478 e. The van der Waals surface area contributed by atoms with Crippen molar-refractivity contribution >= 4 is 27.7 Å². The summed E-state index contributed by atoms with van der Waals surface area (Å²) in [5.74, 6) is 0.526. The van der Waals surface area contributed by atoms with Crippen molar-refractivity contribution in [3.63, 3.8) is 0 Å². The molecule has 3 heterocycles. The summed E-state index contributed by atoms with van der Waals surface area (Å²) in [5, 5.41) is 24.1. The van der Waals surface area contributed by atoms with Crippen molar-refractivity contribution in [2.75, 3.05) is 0 Å². The molecule has 32 heavy (non-hydrogen) atoms. The minimum absolute atomic E-state index is 0.350.